The minimum atomic E-state index is -0.268. The molecule has 20 heavy (non-hydrogen) atoms. The molecule has 0 bridgehead atoms. The SMILES string of the molecule is CCOCCN(CCOCC)c1cc(F)cc(CCl)c1. The van der Waals surface area contributed by atoms with Gasteiger partial charge in [-0.25, -0.2) is 4.39 Å². The van der Waals surface area contributed by atoms with Gasteiger partial charge in [0.05, 0.1) is 13.2 Å². The topological polar surface area (TPSA) is 21.7 Å². The van der Waals surface area contributed by atoms with E-state index in [2.05, 4.69) is 4.90 Å². The molecule has 0 saturated carbocycles. The summed E-state index contributed by atoms with van der Waals surface area (Å²) in [5, 5.41) is 0. The predicted octanol–water partition coefficient (Wildman–Crippen LogP) is 3.44. The number of anilines is 1. The molecule has 0 saturated heterocycles. The molecule has 0 fully saturated rings. The molecule has 0 heterocycles. The van der Waals surface area contributed by atoms with Crippen molar-refractivity contribution in [3.63, 3.8) is 0 Å². The third-order valence-corrected chi connectivity index (χ3v) is 3.19. The Bertz CT molecular complexity index is 380. The first-order chi connectivity index (χ1) is 9.71. The summed E-state index contributed by atoms with van der Waals surface area (Å²) >= 11 is 5.79. The number of halogens is 2. The highest BCUT2D eigenvalue weighted by atomic mass is 35.5. The number of alkyl halides is 1. The van der Waals surface area contributed by atoms with Crippen molar-refractivity contribution in [2.75, 3.05) is 44.4 Å². The summed E-state index contributed by atoms with van der Waals surface area (Å²) in [6.07, 6.45) is 0. The van der Waals surface area contributed by atoms with Crippen LogP contribution in [0, 0.1) is 5.82 Å². The maximum absolute atomic E-state index is 13.6. The van der Waals surface area contributed by atoms with Crippen LogP contribution in [0.2, 0.25) is 0 Å². The lowest BCUT2D eigenvalue weighted by Gasteiger charge is -2.25. The van der Waals surface area contributed by atoms with E-state index >= 15 is 0 Å². The van der Waals surface area contributed by atoms with E-state index in [9.17, 15) is 4.39 Å². The van der Waals surface area contributed by atoms with Gasteiger partial charge in [-0.1, -0.05) is 0 Å². The quantitative estimate of drug-likeness (QED) is 0.488. The summed E-state index contributed by atoms with van der Waals surface area (Å²) in [4.78, 5) is 2.06. The molecule has 0 N–H and O–H groups in total. The molecule has 0 unspecified atom stereocenters. The van der Waals surface area contributed by atoms with Gasteiger partial charge < -0.3 is 14.4 Å². The number of benzene rings is 1. The van der Waals surface area contributed by atoms with E-state index in [4.69, 9.17) is 21.1 Å². The monoisotopic (exact) mass is 303 g/mol. The maximum atomic E-state index is 13.6. The zero-order valence-electron chi connectivity index (χ0n) is 12.2. The van der Waals surface area contributed by atoms with Crippen molar-refractivity contribution in [2.24, 2.45) is 0 Å². The molecule has 3 nitrogen and oxygen atoms in total. The Morgan fingerprint density at radius 2 is 1.65 bits per heavy atom. The van der Waals surface area contributed by atoms with Gasteiger partial charge >= 0.3 is 0 Å². The molecule has 0 aliphatic heterocycles. The average Bonchev–Trinajstić information content (AvgIpc) is 2.45. The summed E-state index contributed by atoms with van der Waals surface area (Å²) in [5.74, 6) is 0.0335. The van der Waals surface area contributed by atoms with Crippen molar-refractivity contribution >= 4 is 17.3 Å². The first-order valence-electron chi connectivity index (χ1n) is 6.97. The lowest BCUT2D eigenvalue weighted by molar-refractivity contribution is 0.141. The Labute approximate surface area is 125 Å². The normalized spacial score (nSPS) is 10.8. The Kier molecular flexibility index (Phi) is 8.58. The third kappa shape index (κ3) is 6.07. The summed E-state index contributed by atoms with van der Waals surface area (Å²) in [5.41, 5.74) is 1.60. The van der Waals surface area contributed by atoms with Crippen LogP contribution in [0.4, 0.5) is 10.1 Å². The van der Waals surface area contributed by atoms with Crippen LogP contribution >= 0.6 is 11.6 Å². The van der Waals surface area contributed by atoms with Crippen LogP contribution in [0.3, 0.4) is 0 Å². The standard InChI is InChI=1S/C15H23ClFNO2/c1-3-19-7-5-18(6-8-20-4-2)15-10-13(12-16)9-14(17)11-15/h9-11H,3-8,12H2,1-2H3. The van der Waals surface area contributed by atoms with Gasteiger partial charge in [0.2, 0.25) is 0 Å². The van der Waals surface area contributed by atoms with E-state index < -0.39 is 0 Å². The molecule has 0 spiro atoms. The van der Waals surface area contributed by atoms with E-state index in [0.717, 1.165) is 11.3 Å². The highest BCUT2D eigenvalue weighted by Crippen LogP contribution is 2.19. The molecule has 1 rings (SSSR count). The average molecular weight is 304 g/mol. The molecule has 1 aromatic carbocycles. The van der Waals surface area contributed by atoms with Crippen LogP contribution in [0.1, 0.15) is 19.4 Å². The Hall–Kier alpha value is -0.840. The number of hydrogen-bond acceptors (Lipinski definition) is 3. The number of hydrogen-bond donors (Lipinski definition) is 0. The van der Waals surface area contributed by atoms with Gasteiger partial charge in [-0.15, -0.1) is 11.6 Å². The second kappa shape index (κ2) is 9.97. The zero-order chi connectivity index (χ0) is 14.8. The van der Waals surface area contributed by atoms with Gasteiger partial charge in [-0.3, -0.25) is 0 Å². The van der Waals surface area contributed by atoms with Gasteiger partial charge in [-0.2, -0.15) is 0 Å². The smallest absolute Gasteiger partial charge is 0.125 e. The fourth-order valence-corrected chi connectivity index (χ4v) is 2.06. The van der Waals surface area contributed by atoms with Crippen LogP contribution in [0.15, 0.2) is 18.2 Å². The van der Waals surface area contributed by atoms with Crippen LogP contribution in [-0.4, -0.2) is 39.5 Å². The van der Waals surface area contributed by atoms with Gasteiger partial charge in [0.25, 0.3) is 0 Å². The predicted molar refractivity (Wildman–Crippen MR) is 81.2 cm³/mol. The Morgan fingerprint density at radius 3 is 2.15 bits per heavy atom. The summed E-state index contributed by atoms with van der Waals surface area (Å²) in [7, 11) is 0. The molecule has 0 aromatic heterocycles. The van der Waals surface area contributed by atoms with Crippen LogP contribution in [0.25, 0.3) is 0 Å². The highest BCUT2D eigenvalue weighted by Gasteiger charge is 2.09. The van der Waals surface area contributed by atoms with Gasteiger partial charge in [-0.05, 0) is 37.6 Å². The highest BCUT2D eigenvalue weighted by molar-refractivity contribution is 6.17. The second-order valence-electron chi connectivity index (χ2n) is 4.33. The van der Waals surface area contributed by atoms with Crippen molar-refractivity contribution in [3.8, 4) is 0 Å². The summed E-state index contributed by atoms with van der Waals surface area (Å²) < 4.78 is 24.4. The third-order valence-electron chi connectivity index (χ3n) is 2.88. The van der Waals surface area contributed by atoms with E-state index in [0.29, 0.717) is 45.4 Å². The van der Waals surface area contributed by atoms with E-state index in [1.807, 2.05) is 19.9 Å². The molecular formula is C15H23ClFNO2. The molecule has 0 amide bonds. The summed E-state index contributed by atoms with van der Waals surface area (Å²) in [6.45, 7) is 7.88. The van der Waals surface area contributed by atoms with Gasteiger partial charge in [0.15, 0.2) is 0 Å². The largest absolute Gasteiger partial charge is 0.380 e. The van der Waals surface area contributed by atoms with Crippen molar-refractivity contribution in [1.29, 1.82) is 0 Å². The second-order valence-corrected chi connectivity index (χ2v) is 4.60. The molecule has 1 aromatic rings. The van der Waals surface area contributed by atoms with Crippen molar-refractivity contribution in [2.45, 2.75) is 19.7 Å². The van der Waals surface area contributed by atoms with Gasteiger partial charge in [0.1, 0.15) is 5.82 Å². The molecule has 0 aliphatic rings. The summed E-state index contributed by atoms with van der Waals surface area (Å²) in [6, 6.07) is 4.89. The molecule has 0 radical (unpaired) electrons. The molecule has 0 aliphatic carbocycles. The minimum absolute atomic E-state index is 0.268. The Morgan fingerprint density at radius 1 is 1.05 bits per heavy atom. The first kappa shape index (κ1) is 17.2. The number of nitrogens with zero attached hydrogens (tertiary/aromatic N) is 1. The van der Waals surface area contributed by atoms with Gasteiger partial charge in [0, 0.05) is 37.9 Å². The Balaban J connectivity index is 2.75. The molecule has 5 heteroatoms. The van der Waals surface area contributed by atoms with Crippen molar-refractivity contribution in [1.82, 2.24) is 0 Å². The fourth-order valence-electron chi connectivity index (χ4n) is 1.90. The lowest BCUT2D eigenvalue weighted by Crippen LogP contribution is -2.31. The number of ether oxygens (including phenoxy) is 2. The van der Waals surface area contributed by atoms with E-state index in [-0.39, 0.29) is 5.82 Å². The van der Waals surface area contributed by atoms with Crippen LogP contribution in [0.5, 0.6) is 0 Å². The maximum Gasteiger partial charge on any atom is 0.125 e. The molecule has 0 atom stereocenters. The zero-order valence-corrected chi connectivity index (χ0v) is 13.0. The van der Waals surface area contributed by atoms with Crippen molar-refractivity contribution in [3.05, 3.63) is 29.6 Å². The molecular weight excluding hydrogens is 281 g/mol. The first-order valence-corrected chi connectivity index (χ1v) is 7.50. The number of rotatable bonds is 10. The van der Waals surface area contributed by atoms with E-state index in [1.165, 1.54) is 12.1 Å². The lowest BCUT2D eigenvalue weighted by atomic mass is 10.2. The van der Waals surface area contributed by atoms with Crippen LogP contribution in [-0.2, 0) is 15.4 Å². The molecule has 114 valence electrons. The minimum Gasteiger partial charge on any atom is -0.380 e. The van der Waals surface area contributed by atoms with Crippen molar-refractivity contribution < 1.29 is 13.9 Å². The van der Waals surface area contributed by atoms with Crippen LogP contribution < -0.4 is 4.90 Å². The van der Waals surface area contributed by atoms with E-state index in [1.54, 1.807) is 0 Å². The fraction of sp³-hybridized carbons (Fsp3) is 0.600.